The molecule has 0 atom stereocenters. The van der Waals surface area contributed by atoms with Gasteiger partial charge in [-0.1, -0.05) is 48.5 Å². The van der Waals surface area contributed by atoms with E-state index < -0.39 is 0 Å². The summed E-state index contributed by atoms with van der Waals surface area (Å²) < 4.78 is 6.25. The first-order valence-corrected chi connectivity index (χ1v) is 11.7. The standard InChI is InChI=1S/C27H28N2OS/c1-20-25(21-7-4-3-5-8-21)18-24(31-20)19-30-23-12-11-22-9-6-10-27(26(22)17-23)29-15-13-28(2)14-16-29/h3-12,17-18H,13-16,19H2,1-2H3. The van der Waals surface area contributed by atoms with E-state index in [1.165, 1.54) is 37.3 Å². The zero-order valence-electron chi connectivity index (χ0n) is 18.2. The summed E-state index contributed by atoms with van der Waals surface area (Å²) in [4.78, 5) is 7.48. The first kappa shape index (κ1) is 20.1. The predicted molar refractivity (Wildman–Crippen MR) is 132 cm³/mol. The van der Waals surface area contributed by atoms with Crippen LogP contribution in [0.2, 0.25) is 0 Å². The highest BCUT2D eigenvalue weighted by Gasteiger charge is 2.16. The molecule has 3 aromatic carbocycles. The monoisotopic (exact) mass is 428 g/mol. The van der Waals surface area contributed by atoms with Crippen LogP contribution in [-0.2, 0) is 6.61 Å². The van der Waals surface area contributed by atoms with Crippen LogP contribution < -0.4 is 9.64 Å². The van der Waals surface area contributed by atoms with Crippen molar-refractivity contribution < 1.29 is 4.74 Å². The molecular formula is C27H28N2OS. The maximum atomic E-state index is 6.25. The number of nitrogens with zero attached hydrogens (tertiary/aromatic N) is 2. The smallest absolute Gasteiger partial charge is 0.122 e. The second-order valence-electron chi connectivity index (χ2n) is 8.29. The molecule has 5 rings (SSSR count). The Morgan fingerprint density at radius 1 is 0.871 bits per heavy atom. The van der Waals surface area contributed by atoms with Crippen molar-refractivity contribution in [3.63, 3.8) is 0 Å². The molecule has 1 aromatic heterocycles. The number of thiophene rings is 1. The Labute approximate surface area is 188 Å². The summed E-state index contributed by atoms with van der Waals surface area (Å²) in [5.74, 6) is 0.932. The molecule has 1 aliphatic rings. The molecule has 0 saturated carbocycles. The Bertz CT molecular complexity index is 1180. The van der Waals surface area contributed by atoms with Crippen LogP contribution in [0, 0.1) is 6.92 Å². The molecular weight excluding hydrogens is 400 g/mol. The lowest BCUT2D eigenvalue weighted by atomic mass is 10.1. The summed E-state index contributed by atoms with van der Waals surface area (Å²) >= 11 is 1.82. The van der Waals surface area contributed by atoms with E-state index in [2.05, 4.69) is 96.6 Å². The highest BCUT2D eigenvalue weighted by Crippen LogP contribution is 2.33. The summed E-state index contributed by atoms with van der Waals surface area (Å²) in [7, 11) is 2.20. The van der Waals surface area contributed by atoms with Crippen molar-refractivity contribution in [1.29, 1.82) is 0 Å². The molecule has 0 bridgehead atoms. The highest BCUT2D eigenvalue weighted by atomic mass is 32.1. The molecule has 2 heterocycles. The second kappa shape index (κ2) is 8.74. The fraction of sp³-hybridized carbons (Fsp3) is 0.259. The lowest BCUT2D eigenvalue weighted by molar-refractivity contribution is 0.310. The molecule has 158 valence electrons. The van der Waals surface area contributed by atoms with E-state index in [0.717, 1.165) is 31.9 Å². The number of likely N-dealkylation sites (N-methyl/N-ethyl adjacent to an activating group) is 1. The van der Waals surface area contributed by atoms with Crippen LogP contribution in [0.4, 0.5) is 5.69 Å². The number of ether oxygens (including phenoxy) is 1. The number of anilines is 1. The van der Waals surface area contributed by atoms with Gasteiger partial charge >= 0.3 is 0 Å². The van der Waals surface area contributed by atoms with Crippen molar-refractivity contribution in [1.82, 2.24) is 4.90 Å². The molecule has 0 radical (unpaired) electrons. The number of piperazine rings is 1. The summed E-state index contributed by atoms with van der Waals surface area (Å²) in [6, 6.07) is 25.9. The van der Waals surface area contributed by atoms with Crippen molar-refractivity contribution in [2.45, 2.75) is 13.5 Å². The summed E-state index contributed by atoms with van der Waals surface area (Å²) in [6.07, 6.45) is 0. The molecule has 4 heteroatoms. The molecule has 0 N–H and O–H groups in total. The molecule has 1 fully saturated rings. The summed E-state index contributed by atoms with van der Waals surface area (Å²) in [5.41, 5.74) is 3.89. The van der Waals surface area contributed by atoms with Gasteiger partial charge in [0.15, 0.2) is 0 Å². The first-order chi connectivity index (χ1) is 15.2. The second-order valence-corrected chi connectivity index (χ2v) is 9.63. The van der Waals surface area contributed by atoms with Crippen LogP contribution >= 0.6 is 11.3 Å². The Morgan fingerprint density at radius 3 is 2.48 bits per heavy atom. The van der Waals surface area contributed by atoms with Gasteiger partial charge in [0.2, 0.25) is 0 Å². The molecule has 1 saturated heterocycles. The van der Waals surface area contributed by atoms with Crippen LogP contribution in [0.1, 0.15) is 9.75 Å². The minimum absolute atomic E-state index is 0.598. The van der Waals surface area contributed by atoms with Crippen LogP contribution in [0.5, 0.6) is 5.75 Å². The third-order valence-corrected chi connectivity index (χ3v) is 7.13. The maximum absolute atomic E-state index is 6.25. The Hall–Kier alpha value is -2.82. The summed E-state index contributed by atoms with van der Waals surface area (Å²) in [6.45, 7) is 7.13. The van der Waals surface area contributed by atoms with Gasteiger partial charge in [0, 0.05) is 47.0 Å². The van der Waals surface area contributed by atoms with Crippen LogP contribution in [0.15, 0.2) is 72.8 Å². The van der Waals surface area contributed by atoms with E-state index in [4.69, 9.17) is 4.74 Å². The molecule has 0 amide bonds. The van der Waals surface area contributed by atoms with Gasteiger partial charge in [-0.15, -0.1) is 11.3 Å². The van der Waals surface area contributed by atoms with Gasteiger partial charge < -0.3 is 14.5 Å². The largest absolute Gasteiger partial charge is 0.488 e. The van der Waals surface area contributed by atoms with E-state index in [1.807, 2.05) is 11.3 Å². The molecule has 3 nitrogen and oxygen atoms in total. The zero-order valence-corrected chi connectivity index (χ0v) is 19.0. The van der Waals surface area contributed by atoms with E-state index in [9.17, 15) is 0 Å². The number of benzene rings is 3. The van der Waals surface area contributed by atoms with Gasteiger partial charge in [-0.25, -0.2) is 0 Å². The van der Waals surface area contributed by atoms with E-state index >= 15 is 0 Å². The average Bonchev–Trinajstić information content (AvgIpc) is 3.19. The van der Waals surface area contributed by atoms with Gasteiger partial charge in [0.25, 0.3) is 0 Å². The molecule has 0 aliphatic carbocycles. The average molecular weight is 429 g/mol. The van der Waals surface area contributed by atoms with Gasteiger partial charge in [-0.05, 0) is 54.8 Å². The Balaban J connectivity index is 1.36. The number of hydrogen-bond acceptors (Lipinski definition) is 4. The van der Waals surface area contributed by atoms with Gasteiger partial charge in [-0.2, -0.15) is 0 Å². The maximum Gasteiger partial charge on any atom is 0.122 e. The van der Waals surface area contributed by atoms with Gasteiger partial charge in [0.05, 0.1) is 0 Å². The number of hydrogen-bond donors (Lipinski definition) is 0. The molecule has 4 aromatic rings. The van der Waals surface area contributed by atoms with Crippen molar-refractivity contribution in [2.75, 3.05) is 38.1 Å². The Morgan fingerprint density at radius 2 is 1.68 bits per heavy atom. The number of aryl methyl sites for hydroxylation is 1. The Kier molecular flexibility index (Phi) is 5.66. The van der Waals surface area contributed by atoms with Gasteiger partial charge in [-0.3, -0.25) is 0 Å². The van der Waals surface area contributed by atoms with Crippen molar-refractivity contribution >= 4 is 27.8 Å². The van der Waals surface area contributed by atoms with E-state index in [-0.39, 0.29) is 0 Å². The normalized spacial score (nSPS) is 14.8. The van der Waals surface area contributed by atoms with Crippen molar-refractivity contribution in [3.8, 4) is 16.9 Å². The van der Waals surface area contributed by atoms with Gasteiger partial charge in [0.1, 0.15) is 12.4 Å². The highest BCUT2D eigenvalue weighted by molar-refractivity contribution is 7.12. The number of rotatable bonds is 5. The lowest BCUT2D eigenvalue weighted by Crippen LogP contribution is -2.44. The van der Waals surface area contributed by atoms with Crippen molar-refractivity contribution in [2.24, 2.45) is 0 Å². The predicted octanol–water partition coefficient (Wildman–Crippen LogP) is 6.21. The lowest BCUT2D eigenvalue weighted by Gasteiger charge is -2.34. The van der Waals surface area contributed by atoms with E-state index in [1.54, 1.807) is 0 Å². The fourth-order valence-corrected chi connectivity index (χ4v) is 5.30. The molecule has 0 spiro atoms. The minimum atomic E-state index is 0.598. The van der Waals surface area contributed by atoms with Crippen LogP contribution in [0.25, 0.3) is 21.9 Å². The third-order valence-electron chi connectivity index (χ3n) is 6.11. The molecule has 31 heavy (non-hydrogen) atoms. The van der Waals surface area contributed by atoms with E-state index in [0.29, 0.717) is 6.61 Å². The first-order valence-electron chi connectivity index (χ1n) is 10.9. The topological polar surface area (TPSA) is 15.7 Å². The summed E-state index contributed by atoms with van der Waals surface area (Å²) in [5, 5.41) is 2.54. The zero-order chi connectivity index (χ0) is 21.2. The minimum Gasteiger partial charge on any atom is -0.488 e. The third kappa shape index (κ3) is 4.32. The SMILES string of the molecule is Cc1sc(COc2ccc3cccc(N4CCN(C)CC4)c3c2)cc1-c1ccccc1. The molecule has 1 aliphatic heterocycles. The van der Waals surface area contributed by atoms with Crippen molar-refractivity contribution in [3.05, 3.63) is 82.6 Å². The quantitative estimate of drug-likeness (QED) is 0.376. The number of fused-ring (bicyclic) bond motifs is 1. The molecule has 0 unspecified atom stereocenters. The fourth-order valence-electron chi connectivity index (χ4n) is 4.32. The van der Waals surface area contributed by atoms with Crippen LogP contribution in [-0.4, -0.2) is 38.1 Å². The van der Waals surface area contributed by atoms with Crippen LogP contribution in [0.3, 0.4) is 0 Å².